The van der Waals surface area contributed by atoms with Crippen molar-refractivity contribution in [2.75, 3.05) is 0 Å². The van der Waals surface area contributed by atoms with E-state index in [1.807, 2.05) is 49.4 Å². The monoisotopic (exact) mass is 440 g/mol. The van der Waals surface area contributed by atoms with Gasteiger partial charge in [-0.15, -0.1) is 6.58 Å². The molecule has 3 aromatic carbocycles. The lowest BCUT2D eigenvalue weighted by atomic mass is 9.77. The van der Waals surface area contributed by atoms with Gasteiger partial charge >= 0.3 is 0 Å². The lowest BCUT2D eigenvalue weighted by Crippen LogP contribution is -2.13. The van der Waals surface area contributed by atoms with Gasteiger partial charge < -0.3 is 0 Å². The average molecular weight is 441 g/mol. The maximum Gasteiger partial charge on any atom is 0.142 e. The lowest BCUT2D eigenvalue weighted by molar-refractivity contribution is 0.312. The molecule has 1 aliphatic carbocycles. The Kier molecular flexibility index (Phi) is 7.40. The van der Waals surface area contributed by atoms with Crippen molar-refractivity contribution in [2.45, 2.75) is 51.4 Å². The summed E-state index contributed by atoms with van der Waals surface area (Å²) in [4.78, 5) is 0. The lowest BCUT2D eigenvalue weighted by Gasteiger charge is -2.28. The summed E-state index contributed by atoms with van der Waals surface area (Å²) in [5.41, 5.74) is 4.32. The fraction of sp³-hybridized carbons (Fsp3) is 0.290. The third-order valence-corrected chi connectivity index (χ3v) is 6.77. The predicted octanol–water partition coefficient (Wildman–Crippen LogP) is 8.58. The molecule has 0 aromatic heterocycles. The van der Waals surface area contributed by atoms with Crippen LogP contribution in [0, 0.1) is 36.3 Å². The Labute approximate surface area is 196 Å². The van der Waals surface area contributed by atoms with E-state index in [4.69, 9.17) is 0 Å². The Balaban J connectivity index is 1.46. The molecule has 0 unspecified atom stereocenters. The van der Waals surface area contributed by atoms with Crippen molar-refractivity contribution in [1.82, 2.24) is 0 Å². The first-order chi connectivity index (χ1) is 16.0. The molecule has 1 fully saturated rings. The summed E-state index contributed by atoms with van der Waals surface area (Å²) in [5.74, 6) is 5.64. The van der Waals surface area contributed by atoms with Gasteiger partial charge in [-0.05, 0) is 98.2 Å². The molecule has 0 saturated heterocycles. The van der Waals surface area contributed by atoms with Crippen LogP contribution in [-0.2, 0) is 0 Å². The van der Waals surface area contributed by atoms with Crippen LogP contribution in [0.1, 0.15) is 66.7 Å². The van der Waals surface area contributed by atoms with E-state index in [9.17, 15) is 8.78 Å². The van der Waals surface area contributed by atoms with Gasteiger partial charge in [0.15, 0.2) is 0 Å². The molecule has 1 aliphatic rings. The van der Waals surface area contributed by atoms with E-state index in [1.54, 1.807) is 0 Å². The number of benzene rings is 3. The number of halogens is 2. The second-order valence-electron chi connectivity index (χ2n) is 9.14. The van der Waals surface area contributed by atoms with E-state index < -0.39 is 11.6 Å². The van der Waals surface area contributed by atoms with Gasteiger partial charge in [0.1, 0.15) is 11.6 Å². The molecule has 0 radical (unpaired) electrons. The zero-order valence-corrected chi connectivity index (χ0v) is 19.2. The summed E-state index contributed by atoms with van der Waals surface area (Å²) >= 11 is 0. The minimum absolute atomic E-state index is 0.191. The Morgan fingerprint density at radius 1 is 0.848 bits per heavy atom. The Morgan fingerprint density at radius 3 is 2.09 bits per heavy atom. The molecule has 0 bridgehead atoms. The normalized spacial score (nSPS) is 17.8. The summed E-state index contributed by atoms with van der Waals surface area (Å²) in [6, 6.07) is 18.5. The quantitative estimate of drug-likeness (QED) is 0.275. The van der Waals surface area contributed by atoms with Gasteiger partial charge in [-0.25, -0.2) is 8.78 Å². The Hall–Kier alpha value is -3.18. The summed E-state index contributed by atoms with van der Waals surface area (Å²) in [7, 11) is 0. The Morgan fingerprint density at radius 2 is 1.48 bits per heavy atom. The van der Waals surface area contributed by atoms with E-state index in [0.29, 0.717) is 11.5 Å². The van der Waals surface area contributed by atoms with Gasteiger partial charge in [0.05, 0.1) is 5.56 Å². The van der Waals surface area contributed by atoms with Crippen molar-refractivity contribution in [3.63, 3.8) is 0 Å². The summed E-state index contributed by atoms with van der Waals surface area (Å²) in [6.45, 7) is 5.81. The topological polar surface area (TPSA) is 0 Å². The van der Waals surface area contributed by atoms with Crippen molar-refractivity contribution in [3.8, 4) is 23.0 Å². The number of rotatable bonds is 5. The van der Waals surface area contributed by atoms with Crippen LogP contribution in [-0.4, -0.2) is 0 Å². The number of hydrogen-bond acceptors (Lipinski definition) is 0. The van der Waals surface area contributed by atoms with E-state index in [-0.39, 0.29) is 5.56 Å². The molecule has 0 nitrogen and oxygen atoms in total. The standard InChI is InChI=1S/C31H30F2/c1-3-4-5-23-10-13-25(14-11-23)26-15-17-27(18-16-26)28-20-30(32)29(31(33)21-28)19-12-24-8-6-22(2)7-9-24/h3,6-9,15-18,20-21,23,25H,1,4-5,10-11,13-14H2,2H3/t23-,25-. The van der Waals surface area contributed by atoms with E-state index in [2.05, 4.69) is 30.6 Å². The number of allylic oxidation sites excluding steroid dienone is 1. The third kappa shape index (κ3) is 5.79. The van der Waals surface area contributed by atoms with Crippen LogP contribution in [0.2, 0.25) is 0 Å². The molecule has 0 heterocycles. The van der Waals surface area contributed by atoms with Gasteiger partial charge in [-0.2, -0.15) is 0 Å². The summed E-state index contributed by atoms with van der Waals surface area (Å²) in [5, 5.41) is 0. The molecular weight excluding hydrogens is 410 g/mol. The maximum absolute atomic E-state index is 14.7. The molecule has 3 aromatic rings. The highest BCUT2D eigenvalue weighted by Gasteiger charge is 2.22. The van der Waals surface area contributed by atoms with Crippen LogP contribution < -0.4 is 0 Å². The van der Waals surface area contributed by atoms with Crippen LogP contribution in [0.4, 0.5) is 8.78 Å². The molecule has 2 heteroatoms. The number of aryl methyl sites for hydroxylation is 1. The highest BCUT2D eigenvalue weighted by atomic mass is 19.1. The SMILES string of the molecule is C=CCC[C@H]1CC[C@H](c2ccc(-c3cc(F)c(C#Cc4ccc(C)cc4)c(F)c3)cc2)CC1. The fourth-order valence-corrected chi connectivity index (χ4v) is 4.72. The van der Waals surface area contributed by atoms with Crippen LogP contribution in [0.5, 0.6) is 0 Å². The summed E-state index contributed by atoms with van der Waals surface area (Å²) < 4.78 is 29.4. The maximum atomic E-state index is 14.7. The first-order valence-electron chi connectivity index (χ1n) is 11.8. The van der Waals surface area contributed by atoms with Gasteiger partial charge in [0.25, 0.3) is 0 Å². The first kappa shape index (κ1) is 23.0. The van der Waals surface area contributed by atoms with E-state index >= 15 is 0 Å². The molecule has 0 atom stereocenters. The average Bonchev–Trinajstić information content (AvgIpc) is 2.84. The van der Waals surface area contributed by atoms with Crippen LogP contribution in [0.15, 0.2) is 73.3 Å². The Bertz CT molecular complexity index is 1130. The molecule has 0 N–H and O–H groups in total. The number of hydrogen-bond donors (Lipinski definition) is 0. The van der Waals surface area contributed by atoms with Gasteiger partial charge in [0.2, 0.25) is 0 Å². The van der Waals surface area contributed by atoms with Crippen molar-refractivity contribution in [1.29, 1.82) is 0 Å². The molecule has 1 saturated carbocycles. The highest BCUT2D eigenvalue weighted by Crippen LogP contribution is 2.38. The van der Waals surface area contributed by atoms with Crippen LogP contribution in [0.3, 0.4) is 0 Å². The van der Waals surface area contributed by atoms with Crippen LogP contribution in [0.25, 0.3) is 11.1 Å². The van der Waals surface area contributed by atoms with Gasteiger partial charge in [0, 0.05) is 5.56 Å². The summed E-state index contributed by atoms with van der Waals surface area (Å²) in [6.07, 6.45) is 9.31. The van der Waals surface area contributed by atoms with Gasteiger partial charge in [-0.1, -0.05) is 59.9 Å². The largest absolute Gasteiger partial charge is 0.205 e. The van der Waals surface area contributed by atoms with Crippen molar-refractivity contribution < 1.29 is 8.78 Å². The molecule has 0 spiro atoms. The molecule has 0 aliphatic heterocycles. The molecule has 0 amide bonds. The zero-order chi connectivity index (χ0) is 23.2. The fourth-order valence-electron chi connectivity index (χ4n) is 4.72. The smallest absolute Gasteiger partial charge is 0.142 e. The van der Waals surface area contributed by atoms with E-state index in [1.165, 1.54) is 49.8 Å². The van der Waals surface area contributed by atoms with E-state index in [0.717, 1.165) is 29.0 Å². The van der Waals surface area contributed by atoms with Crippen molar-refractivity contribution in [2.24, 2.45) is 5.92 Å². The van der Waals surface area contributed by atoms with Crippen molar-refractivity contribution >= 4 is 0 Å². The van der Waals surface area contributed by atoms with Crippen molar-refractivity contribution in [3.05, 3.63) is 107 Å². The molecule has 33 heavy (non-hydrogen) atoms. The first-order valence-corrected chi connectivity index (χ1v) is 11.8. The molecule has 4 rings (SSSR count). The third-order valence-electron chi connectivity index (χ3n) is 6.77. The second kappa shape index (κ2) is 10.6. The minimum atomic E-state index is -0.633. The predicted molar refractivity (Wildman–Crippen MR) is 133 cm³/mol. The highest BCUT2D eigenvalue weighted by molar-refractivity contribution is 5.65. The molecular formula is C31H30F2. The zero-order valence-electron chi connectivity index (χ0n) is 19.2. The van der Waals surface area contributed by atoms with Gasteiger partial charge in [-0.3, -0.25) is 0 Å². The minimum Gasteiger partial charge on any atom is -0.205 e. The molecule has 168 valence electrons. The second-order valence-corrected chi connectivity index (χ2v) is 9.14. The van der Waals surface area contributed by atoms with Crippen LogP contribution >= 0.6 is 0 Å².